The summed E-state index contributed by atoms with van der Waals surface area (Å²) in [6.07, 6.45) is 8.91. The largest absolute Gasteiger partial charge is 0.364 e. The molecule has 1 saturated carbocycles. The second-order valence-corrected chi connectivity index (χ2v) is 5.43. The maximum Gasteiger partial charge on any atom is 0.353 e. The Bertz CT molecular complexity index is 474. The van der Waals surface area contributed by atoms with Crippen LogP contribution < -0.4 is 10.6 Å². The predicted octanol–water partition coefficient (Wildman–Crippen LogP) is 3.20. The summed E-state index contributed by atoms with van der Waals surface area (Å²) in [5, 5.41) is 17.2. The van der Waals surface area contributed by atoms with Gasteiger partial charge in [0.1, 0.15) is 6.33 Å². The number of hydrogen-bond acceptors (Lipinski definition) is 6. The SMILES string of the molecule is CCNc1ncnc(NCCCC2CCCC2)c1[N+](=O)[O-]. The first-order valence-electron chi connectivity index (χ1n) is 7.69. The van der Waals surface area contributed by atoms with Crippen molar-refractivity contribution in [3.05, 3.63) is 16.4 Å². The second kappa shape index (κ2) is 7.75. The molecule has 1 heterocycles. The molecule has 116 valence electrons. The maximum absolute atomic E-state index is 11.2. The first kappa shape index (κ1) is 15.5. The molecule has 0 saturated heterocycles. The summed E-state index contributed by atoms with van der Waals surface area (Å²) in [6, 6.07) is 0. The lowest BCUT2D eigenvalue weighted by Crippen LogP contribution is -2.11. The zero-order valence-electron chi connectivity index (χ0n) is 12.5. The summed E-state index contributed by atoms with van der Waals surface area (Å²) >= 11 is 0. The Morgan fingerprint density at radius 2 is 1.95 bits per heavy atom. The van der Waals surface area contributed by atoms with Gasteiger partial charge >= 0.3 is 5.69 Å². The van der Waals surface area contributed by atoms with Crippen LogP contribution in [0.4, 0.5) is 17.3 Å². The summed E-state index contributed by atoms with van der Waals surface area (Å²) in [4.78, 5) is 18.7. The Kier molecular flexibility index (Phi) is 5.71. The van der Waals surface area contributed by atoms with E-state index < -0.39 is 4.92 Å². The Morgan fingerprint density at radius 1 is 1.29 bits per heavy atom. The Labute approximate surface area is 124 Å². The molecule has 0 amide bonds. The van der Waals surface area contributed by atoms with Crippen LogP contribution in [0.3, 0.4) is 0 Å². The van der Waals surface area contributed by atoms with Gasteiger partial charge in [-0.25, -0.2) is 9.97 Å². The van der Waals surface area contributed by atoms with Crippen LogP contribution in [0.15, 0.2) is 6.33 Å². The monoisotopic (exact) mass is 293 g/mol. The average molecular weight is 293 g/mol. The van der Waals surface area contributed by atoms with Crippen LogP contribution in [0, 0.1) is 16.0 Å². The van der Waals surface area contributed by atoms with Crippen molar-refractivity contribution in [3.63, 3.8) is 0 Å². The van der Waals surface area contributed by atoms with Crippen molar-refractivity contribution in [2.24, 2.45) is 5.92 Å². The third-order valence-electron chi connectivity index (χ3n) is 3.91. The minimum Gasteiger partial charge on any atom is -0.364 e. The highest BCUT2D eigenvalue weighted by atomic mass is 16.6. The van der Waals surface area contributed by atoms with Crippen LogP contribution in [-0.2, 0) is 0 Å². The van der Waals surface area contributed by atoms with E-state index in [0.29, 0.717) is 18.9 Å². The van der Waals surface area contributed by atoms with Gasteiger partial charge in [-0.3, -0.25) is 10.1 Å². The van der Waals surface area contributed by atoms with E-state index in [1.54, 1.807) is 0 Å². The van der Waals surface area contributed by atoms with Crippen molar-refractivity contribution in [2.75, 3.05) is 23.7 Å². The standard InChI is InChI=1S/C14H23N5O2/c1-2-15-13-12(19(20)21)14(18-10-17-13)16-9-5-8-11-6-3-4-7-11/h10-11H,2-9H2,1H3,(H2,15,16,17,18). The van der Waals surface area contributed by atoms with E-state index >= 15 is 0 Å². The van der Waals surface area contributed by atoms with E-state index in [1.807, 2.05) is 6.92 Å². The smallest absolute Gasteiger partial charge is 0.353 e. The summed E-state index contributed by atoms with van der Waals surface area (Å²) in [6.45, 7) is 3.17. The molecule has 1 aliphatic carbocycles. The first-order valence-corrected chi connectivity index (χ1v) is 7.69. The van der Waals surface area contributed by atoms with Crippen molar-refractivity contribution in [3.8, 4) is 0 Å². The van der Waals surface area contributed by atoms with Crippen LogP contribution >= 0.6 is 0 Å². The number of nitro groups is 1. The van der Waals surface area contributed by atoms with Crippen molar-refractivity contribution in [2.45, 2.75) is 45.4 Å². The highest BCUT2D eigenvalue weighted by molar-refractivity contribution is 5.69. The summed E-state index contributed by atoms with van der Waals surface area (Å²) in [5.74, 6) is 1.41. The van der Waals surface area contributed by atoms with Crippen molar-refractivity contribution in [1.82, 2.24) is 9.97 Å². The fourth-order valence-corrected chi connectivity index (χ4v) is 2.87. The van der Waals surface area contributed by atoms with E-state index in [9.17, 15) is 10.1 Å². The molecule has 1 aromatic rings. The molecule has 7 nitrogen and oxygen atoms in total. The van der Waals surface area contributed by atoms with Crippen LogP contribution in [0.5, 0.6) is 0 Å². The van der Waals surface area contributed by atoms with Gasteiger partial charge in [0.05, 0.1) is 4.92 Å². The predicted molar refractivity (Wildman–Crippen MR) is 82.5 cm³/mol. The second-order valence-electron chi connectivity index (χ2n) is 5.43. The number of anilines is 2. The molecule has 0 atom stereocenters. The van der Waals surface area contributed by atoms with Gasteiger partial charge in [-0.1, -0.05) is 25.7 Å². The lowest BCUT2D eigenvalue weighted by atomic mass is 10.0. The lowest BCUT2D eigenvalue weighted by Gasteiger charge is -2.11. The van der Waals surface area contributed by atoms with Crippen molar-refractivity contribution in [1.29, 1.82) is 0 Å². The van der Waals surface area contributed by atoms with Gasteiger partial charge in [0.15, 0.2) is 0 Å². The Balaban J connectivity index is 1.92. The molecule has 0 aliphatic heterocycles. The summed E-state index contributed by atoms with van der Waals surface area (Å²) in [7, 11) is 0. The molecule has 0 radical (unpaired) electrons. The zero-order valence-corrected chi connectivity index (χ0v) is 12.5. The molecular formula is C14H23N5O2. The lowest BCUT2D eigenvalue weighted by molar-refractivity contribution is -0.383. The minimum absolute atomic E-state index is 0.0692. The van der Waals surface area contributed by atoms with Crippen molar-refractivity contribution < 1.29 is 4.92 Å². The van der Waals surface area contributed by atoms with Gasteiger partial charge in [-0.2, -0.15) is 0 Å². The van der Waals surface area contributed by atoms with E-state index in [2.05, 4.69) is 20.6 Å². The number of nitrogens with zero attached hydrogens (tertiary/aromatic N) is 3. The summed E-state index contributed by atoms with van der Waals surface area (Å²) in [5.41, 5.74) is -0.0692. The highest BCUT2D eigenvalue weighted by Gasteiger charge is 2.22. The number of nitrogens with one attached hydrogen (secondary N) is 2. The Morgan fingerprint density at radius 3 is 2.57 bits per heavy atom. The molecule has 0 unspecified atom stereocenters. The maximum atomic E-state index is 11.2. The fraction of sp³-hybridized carbons (Fsp3) is 0.714. The van der Waals surface area contributed by atoms with Gasteiger partial charge in [0, 0.05) is 13.1 Å². The normalized spacial score (nSPS) is 15.1. The third kappa shape index (κ3) is 4.27. The van der Waals surface area contributed by atoms with Gasteiger partial charge in [0.25, 0.3) is 0 Å². The molecular weight excluding hydrogens is 270 g/mol. The zero-order chi connectivity index (χ0) is 15.1. The number of rotatable bonds is 8. The number of aromatic nitrogens is 2. The van der Waals surface area contributed by atoms with Gasteiger partial charge in [0.2, 0.25) is 11.6 Å². The molecule has 2 rings (SSSR count). The molecule has 0 spiro atoms. The van der Waals surface area contributed by atoms with Crippen LogP contribution in [0.25, 0.3) is 0 Å². The van der Waals surface area contributed by atoms with Crippen LogP contribution in [-0.4, -0.2) is 28.0 Å². The molecule has 2 N–H and O–H groups in total. The molecule has 1 aromatic heterocycles. The van der Waals surface area contributed by atoms with Crippen LogP contribution in [0.1, 0.15) is 45.4 Å². The molecule has 0 bridgehead atoms. The van der Waals surface area contributed by atoms with E-state index in [0.717, 1.165) is 12.3 Å². The van der Waals surface area contributed by atoms with Crippen LogP contribution in [0.2, 0.25) is 0 Å². The first-order chi connectivity index (χ1) is 10.2. The molecule has 7 heteroatoms. The Hall–Kier alpha value is -1.92. The van der Waals surface area contributed by atoms with Gasteiger partial charge in [-0.15, -0.1) is 0 Å². The molecule has 21 heavy (non-hydrogen) atoms. The topological polar surface area (TPSA) is 93.0 Å². The van der Waals surface area contributed by atoms with E-state index in [-0.39, 0.29) is 11.5 Å². The summed E-state index contributed by atoms with van der Waals surface area (Å²) < 4.78 is 0. The quantitative estimate of drug-likeness (QED) is 0.434. The average Bonchev–Trinajstić information content (AvgIpc) is 2.97. The van der Waals surface area contributed by atoms with Gasteiger partial charge < -0.3 is 10.6 Å². The van der Waals surface area contributed by atoms with E-state index in [1.165, 1.54) is 38.4 Å². The fourth-order valence-electron chi connectivity index (χ4n) is 2.87. The van der Waals surface area contributed by atoms with E-state index in [4.69, 9.17) is 0 Å². The molecule has 1 fully saturated rings. The van der Waals surface area contributed by atoms with Gasteiger partial charge in [-0.05, 0) is 25.7 Å². The van der Waals surface area contributed by atoms with Crippen molar-refractivity contribution >= 4 is 17.3 Å². The molecule has 0 aromatic carbocycles. The number of hydrogen-bond donors (Lipinski definition) is 2. The molecule has 1 aliphatic rings. The minimum atomic E-state index is -0.433. The highest BCUT2D eigenvalue weighted by Crippen LogP contribution is 2.30. The third-order valence-corrected chi connectivity index (χ3v) is 3.91.